The van der Waals surface area contributed by atoms with E-state index in [9.17, 15) is 4.79 Å². The van der Waals surface area contributed by atoms with Gasteiger partial charge in [0.15, 0.2) is 0 Å². The Kier molecular flexibility index (Phi) is 3.57. The molecule has 1 aliphatic carbocycles. The molecule has 1 aliphatic rings. The van der Waals surface area contributed by atoms with Gasteiger partial charge in [0.1, 0.15) is 5.82 Å². The number of para-hydroxylation sites is 1. The molecule has 1 aromatic heterocycles. The van der Waals surface area contributed by atoms with Crippen molar-refractivity contribution >= 4 is 10.9 Å². The summed E-state index contributed by atoms with van der Waals surface area (Å²) in [7, 11) is 0. The highest BCUT2D eigenvalue weighted by molar-refractivity contribution is 5.77. The Morgan fingerprint density at radius 3 is 2.80 bits per heavy atom. The first-order valence-corrected chi connectivity index (χ1v) is 7.39. The fourth-order valence-electron chi connectivity index (χ4n) is 3.02. The molecule has 1 aromatic carbocycles. The molecule has 0 amide bonds. The highest BCUT2D eigenvalue weighted by Gasteiger charge is 2.25. The van der Waals surface area contributed by atoms with E-state index in [-0.39, 0.29) is 11.1 Å². The van der Waals surface area contributed by atoms with E-state index in [1.807, 2.05) is 18.2 Å². The van der Waals surface area contributed by atoms with Crippen LogP contribution in [0.25, 0.3) is 10.9 Å². The number of hydrogen-bond donors (Lipinski definition) is 2. The molecule has 106 valence electrons. The summed E-state index contributed by atoms with van der Waals surface area (Å²) in [5.41, 5.74) is 0.894. The minimum absolute atomic E-state index is 0.0544. The number of rotatable bonds is 3. The maximum Gasteiger partial charge on any atom is 0.258 e. The first-order chi connectivity index (χ1) is 9.66. The van der Waals surface area contributed by atoms with E-state index < -0.39 is 0 Å². The fraction of sp³-hybridized carbons (Fsp3) is 0.500. The average molecular weight is 271 g/mol. The summed E-state index contributed by atoms with van der Waals surface area (Å²) in [5.74, 6) is 0.723. The van der Waals surface area contributed by atoms with Crippen LogP contribution >= 0.6 is 0 Å². The quantitative estimate of drug-likeness (QED) is 0.902. The zero-order valence-electron chi connectivity index (χ0n) is 11.9. The van der Waals surface area contributed by atoms with Crippen LogP contribution in [0.15, 0.2) is 29.1 Å². The molecule has 0 bridgehead atoms. The summed E-state index contributed by atoms with van der Waals surface area (Å²) in [6, 6.07) is 7.46. The van der Waals surface area contributed by atoms with Gasteiger partial charge in [0, 0.05) is 5.54 Å². The van der Waals surface area contributed by atoms with E-state index in [1.54, 1.807) is 6.07 Å². The molecule has 1 saturated carbocycles. The van der Waals surface area contributed by atoms with Gasteiger partial charge in [-0.2, -0.15) is 0 Å². The highest BCUT2D eigenvalue weighted by Crippen LogP contribution is 2.27. The predicted molar refractivity (Wildman–Crippen MR) is 80.7 cm³/mol. The molecular formula is C16H21N3O. The zero-order valence-corrected chi connectivity index (χ0v) is 11.9. The van der Waals surface area contributed by atoms with Crippen LogP contribution in [0.3, 0.4) is 0 Å². The number of aromatic nitrogens is 2. The van der Waals surface area contributed by atoms with Gasteiger partial charge < -0.3 is 10.3 Å². The first-order valence-electron chi connectivity index (χ1n) is 7.39. The monoisotopic (exact) mass is 271 g/mol. The second-order valence-electron chi connectivity index (χ2n) is 6.00. The zero-order chi connectivity index (χ0) is 14.0. The fourth-order valence-corrected chi connectivity index (χ4v) is 3.02. The van der Waals surface area contributed by atoms with Crippen molar-refractivity contribution in [2.75, 3.05) is 0 Å². The lowest BCUT2D eigenvalue weighted by Crippen LogP contribution is -2.43. The van der Waals surface area contributed by atoms with E-state index in [0.29, 0.717) is 11.9 Å². The molecule has 0 aliphatic heterocycles. The molecule has 0 radical (unpaired) electrons. The lowest BCUT2D eigenvalue weighted by atomic mass is 9.83. The number of aromatic amines is 1. The lowest BCUT2D eigenvalue weighted by molar-refractivity contribution is 0.250. The Labute approximate surface area is 118 Å². The first kappa shape index (κ1) is 13.3. The van der Waals surface area contributed by atoms with Gasteiger partial charge in [0.25, 0.3) is 5.56 Å². The SMILES string of the molecule is CC1(NCc2nc3ccccc3c(=O)[nH]2)CCCCC1. The second-order valence-corrected chi connectivity index (χ2v) is 6.00. The van der Waals surface area contributed by atoms with E-state index in [4.69, 9.17) is 0 Å². The molecule has 1 fully saturated rings. The maximum absolute atomic E-state index is 12.0. The van der Waals surface area contributed by atoms with Gasteiger partial charge in [0.05, 0.1) is 17.4 Å². The van der Waals surface area contributed by atoms with Crippen molar-refractivity contribution in [2.24, 2.45) is 0 Å². The van der Waals surface area contributed by atoms with Crippen molar-refractivity contribution in [3.05, 3.63) is 40.4 Å². The van der Waals surface area contributed by atoms with Gasteiger partial charge in [-0.3, -0.25) is 4.79 Å². The molecule has 4 heteroatoms. The molecule has 1 heterocycles. The van der Waals surface area contributed by atoms with Crippen molar-refractivity contribution in [3.8, 4) is 0 Å². The second kappa shape index (κ2) is 5.37. The van der Waals surface area contributed by atoms with Gasteiger partial charge in [-0.1, -0.05) is 31.4 Å². The van der Waals surface area contributed by atoms with Crippen LogP contribution in [0.4, 0.5) is 0 Å². The van der Waals surface area contributed by atoms with Crippen molar-refractivity contribution in [1.82, 2.24) is 15.3 Å². The van der Waals surface area contributed by atoms with Crippen LogP contribution in [0.1, 0.15) is 44.9 Å². The number of benzene rings is 1. The minimum atomic E-state index is -0.0544. The standard InChI is InChI=1S/C16H21N3O/c1-16(9-5-2-6-10-16)17-11-14-18-13-8-4-3-7-12(13)15(20)19-14/h3-4,7-8,17H,2,5-6,9-11H2,1H3,(H,18,19,20). The molecule has 4 nitrogen and oxygen atoms in total. The van der Waals surface area contributed by atoms with Crippen LogP contribution in [0.5, 0.6) is 0 Å². The van der Waals surface area contributed by atoms with Gasteiger partial charge in [-0.25, -0.2) is 4.98 Å². The molecule has 0 spiro atoms. The lowest BCUT2D eigenvalue weighted by Gasteiger charge is -2.34. The normalized spacial score (nSPS) is 18.2. The number of nitrogens with one attached hydrogen (secondary N) is 2. The Balaban J connectivity index is 1.79. The maximum atomic E-state index is 12.0. The predicted octanol–water partition coefficient (Wildman–Crippen LogP) is 2.74. The summed E-state index contributed by atoms with van der Waals surface area (Å²) < 4.78 is 0. The summed E-state index contributed by atoms with van der Waals surface area (Å²) in [5, 5.41) is 4.23. The molecule has 0 unspecified atom stereocenters. The molecule has 20 heavy (non-hydrogen) atoms. The molecule has 0 atom stereocenters. The van der Waals surface area contributed by atoms with Crippen molar-refractivity contribution < 1.29 is 0 Å². The van der Waals surface area contributed by atoms with Crippen LogP contribution in [0.2, 0.25) is 0 Å². The molecule has 0 saturated heterocycles. The number of hydrogen-bond acceptors (Lipinski definition) is 3. The van der Waals surface area contributed by atoms with E-state index in [0.717, 1.165) is 11.3 Å². The molecule has 2 N–H and O–H groups in total. The topological polar surface area (TPSA) is 57.8 Å². The van der Waals surface area contributed by atoms with Crippen LogP contribution in [0, 0.1) is 0 Å². The molecule has 2 aromatic rings. The van der Waals surface area contributed by atoms with E-state index in [1.165, 1.54) is 32.1 Å². The summed E-state index contributed by atoms with van der Waals surface area (Å²) in [6.45, 7) is 2.89. The number of fused-ring (bicyclic) bond motifs is 1. The number of H-pyrrole nitrogens is 1. The van der Waals surface area contributed by atoms with Crippen LogP contribution in [-0.4, -0.2) is 15.5 Å². The van der Waals surface area contributed by atoms with Crippen molar-refractivity contribution in [2.45, 2.75) is 51.1 Å². The third kappa shape index (κ3) is 2.75. The Morgan fingerprint density at radius 1 is 1.25 bits per heavy atom. The highest BCUT2D eigenvalue weighted by atomic mass is 16.1. The Hall–Kier alpha value is -1.68. The average Bonchev–Trinajstić information content (AvgIpc) is 2.46. The van der Waals surface area contributed by atoms with Gasteiger partial charge >= 0.3 is 0 Å². The smallest absolute Gasteiger partial charge is 0.258 e. The van der Waals surface area contributed by atoms with Gasteiger partial charge in [0.2, 0.25) is 0 Å². The van der Waals surface area contributed by atoms with Gasteiger partial charge in [-0.05, 0) is 31.9 Å². The van der Waals surface area contributed by atoms with E-state index >= 15 is 0 Å². The van der Waals surface area contributed by atoms with Crippen LogP contribution < -0.4 is 10.9 Å². The number of nitrogens with zero attached hydrogens (tertiary/aromatic N) is 1. The molecule has 3 rings (SSSR count). The summed E-state index contributed by atoms with van der Waals surface area (Å²) in [6.07, 6.45) is 6.30. The van der Waals surface area contributed by atoms with E-state index in [2.05, 4.69) is 22.2 Å². The summed E-state index contributed by atoms with van der Waals surface area (Å²) >= 11 is 0. The van der Waals surface area contributed by atoms with Crippen molar-refractivity contribution in [1.29, 1.82) is 0 Å². The third-order valence-corrected chi connectivity index (χ3v) is 4.30. The Morgan fingerprint density at radius 2 is 2.00 bits per heavy atom. The largest absolute Gasteiger partial charge is 0.309 e. The Bertz CT molecular complexity index is 656. The minimum Gasteiger partial charge on any atom is -0.309 e. The molecular weight excluding hydrogens is 250 g/mol. The summed E-state index contributed by atoms with van der Waals surface area (Å²) in [4.78, 5) is 19.4. The van der Waals surface area contributed by atoms with Crippen molar-refractivity contribution in [3.63, 3.8) is 0 Å². The van der Waals surface area contributed by atoms with Gasteiger partial charge in [-0.15, -0.1) is 0 Å². The third-order valence-electron chi connectivity index (χ3n) is 4.30. The van der Waals surface area contributed by atoms with Crippen LogP contribution in [-0.2, 0) is 6.54 Å².